The van der Waals surface area contributed by atoms with Crippen molar-refractivity contribution in [3.8, 4) is 0 Å². The van der Waals surface area contributed by atoms with Gasteiger partial charge in [0.1, 0.15) is 6.04 Å². The number of para-hydroxylation sites is 1. The van der Waals surface area contributed by atoms with E-state index in [1.54, 1.807) is 0 Å². The molecular weight excluding hydrogens is 345 g/mol. The third kappa shape index (κ3) is 4.98. The van der Waals surface area contributed by atoms with Gasteiger partial charge in [-0.1, -0.05) is 30.3 Å². The molecule has 2 unspecified atom stereocenters. The number of benzene rings is 2. The molecule has 2 aromatic carbocycles. The van der Waals surface area contributed by atoms with Crippen molar-refractivity contribution in [3.63, 3.8) is 0 Å². The number of esters is 1. The largest absolute Gasteiger partial charge is 0.468 e. The zero-order chi connectivity index (χ0) is 19.3. The fourth-order valence-electron chi connectivity index (χ4n) is 2.59. The molecule has 0 fully saturated rings. The highest BCUT2D eigenvalue weighted by atomic mass is 19.4. The fourth-order valence-corrected chi connectivity index (χ4v) is 2.59. The van der Waals surface area contributed by atoms with Crippen molar-refractivity contribution in [2.45, 2.75) is 31.6 Å². The minimum absolute atomic E-state index is 0.229. The van der Waals surface area contributed by atoms with Gasteiger partial charge in [0.2, 0.25) is 0 Å². The van der Waals surface area contributed by atoms with Gasteiger partial charge in [0.25, 0.3) is 0 Å². The van der Waals surface area contributed by atoms with Gasteiger partial charge in [-0.15, -0.1) is 0 Å². The summed E-state index contributed by atoms with van der Waals surface area (Å²) in [4.78, 5) is 11.5. The summed E-state index contributed by atoms with van der Waals surface area (Å²) in [7, 11) is 1.28. The molecular formula is C19H21F3N2O2. The van der Waals surface area contributed by atoms with E-state index in [1.807, 2.05) is 31.2 Å². The standard InChI is InChI=1S/C19H21F3N2O2/c1-12(13-7-9-15(10-8-13)19(20,21)22)24-17-6-4-3-5-14(17)11-16(23)18(25)26-2/h3-10,12,16,24H,11,23H2,1-2H3. The zero-order valence-corrected chi connectivity index (χ0v) is 14.5. The predicted molar refractivity (Wildman–Crippen MR) is 93.6 cm³/mol. The molecule has 7 heteroatoms. The number of nitrogens with two attached hydrogens (primary N) is 1. The molecule has 26 heavy (non-hydrogen) atoms. The number of nitrogens with one attached hydrogen (secondary N) is 1. The quantitative estimate of drug-likeness (QED) is 0.761. The van der Waals surface area contributed by atoms with Crippen molar-refractivity contribution in [2.75, 3.05) is 12.4 Å². The Morgan fingerprint density at radius 1 is 1.15 bits per heavy atom. The van der Waals surface area contributed by atoms with Gasteiger partial charge in [0, 0.05) is 18.2 Å². The van der Waals surface area contributed by atoms with Crippen molar-refractivity contribution in [2.24, 2.45) is 5.73 Å². The van der Waals surface area contributed by atoms with Crippen molar-refractivity contribution in [1.29, 1.82) is 0 Å². The minimum Gasteiger partial charge on any atom is -0.468 e. The molecule has 0 saturated heterocycles. The highest BCUT2D eigenvalue weighted by molar-refractivity contribution is 5.76. The molecule has 4 nitrogen and oxygen atoms in total. The zero-order valence-electron chi connectivity index (χ0n) is 14.5. The minimum atomic E-state index is -4.36. The summed E-state index contributed by atoms with van der Waals surface area (Å²) in [5.74, 6) is -0.504. The van der Waals surface area contributed by atoms with E-state index in [2.05, 4.69) is 10.1 Å². The highest BCUT2D eigenvalue weighted by Gasteiger charge is 2.30. The Morgan fingerprint density at radius 2 is 1.77 bits per heavy atom. The summed E-state index contributed by atoms with van der Waals surface area (Å²) < 4.78 is 42.7. The summed E-state index contributed by atoms with van der Waals surface area (Å²) in [6.07, 6.45) is -4.07. The second kappa shape index (κ2) is 8.23. The smallest absolute Gasteiger partial charge is 0.416 e. The van der Waals surface area contributed by atoms with E-state index in [1.165, 1.54) is 19.2 Å². The molecule has 0 bridgehead atoms. The maximum atomic E-state index is 12.7. The van der Waals surface area contributed by atoms with Gasteiger partial charge < -0.3 is 15.8 Å². The molecule has 0 aliphatic carbocycles. The number of hydrogen-bond acceptors (Lipinski definition) is 4. The summed E-state index contributed by atoms with van der Waals surface area (Å²) in [6, 6.07) is 11.3. The highest BCUT2D eigenvalue weighted by Crippen LogP contribution is 2.30. The van der Waals surface area contributed by atoms with Crippen LogP contribution in [-0.2, 0) is 22.1 Å². The van der Waals surface area contributed by atoms with Crippen LogP contribution in [0.4, 0.5) is 18.9 Å². The molecule has 2 atom stereocenters. The average molecular weight is 366 g/mol. The Morgan fingerprint density at radius 3 is 2.35 bits per heavy atom. The van der Waals surface area contributed by atoms with Crippen molar-refractivity contribution in [1.82, 2.24) is 0 Å². The van der Waals surface area contributed by atoms with E-state index in [9.17, 15) is 18.0 Å². The second-order valence-electron chi connectivity index (χ2n) is 5.98. The topological polar surface area (TPSA) is 64.3 Å². The van der Waals surface area contributed by atoms with Crippen LogP contribution in [-0.4, -0.2) is 19.1 Å². The van der Waals surface area contributed by atoms with E-state index in [4.69, 9.17) is 5.73 Å². The maximum Gasteiger partial charge on any atom is 0.416 e. The van der Waals surface area contributed by atoms with Crippen molar-refractivity contribution < 1.29 is 22.7 Å². The molecule has 0 heterocycles. The summed E-state index contributed by atoms with van der Waals surface area (Å²) in [5, 5.41) is 3.26. The number of hydrogen-bond donors (Lipinski definition) is 2. The van der Waals surface area contributed by atoms with Crippen LogP contribution in [0.2, 0.25) is 0 Å². The van der Waals surface area contributed by atoms with Crippen LogP contribution in [0.3, 0.4) is 0 Å². The monoisotopic (exact) mass is 366 g/mol. The molecule has 0 spiro atoms. The summed E-state index contributed by atoms with van der Waals surface area (Å²) in [5.41, 5.74) is 7.44. The van der Waals surface area contributed by atoms with Gasteiger partial charge in [-0.3, -0.25) is 4.79 Å². The third-order valence-electron chi connectivity index (χ3n) is 4.07. The van der Waals surface area contributed by atoms with Gasteiger partial charge in [-0.2, -0.15) is 13.2 Å². The SMILES string of the molecule is COC(=O)C(N)Cc1ccccc1NC(C)c1ccc(C(F)(F)F)cc1. The van der Waals surface area contributed by atoms with Crippen LogP contribution in [0, 0.1) is 0 Å². The number of carbonyl (C=O) groups is 1. The first-order chi connectivity index (χ1) is 12.2. The lowest BCUT2D eigenvalue weighted by Crippen LogP contribution is -2.33. The number of alkyl halides is 3. The van der Waals surface area contributed by atoms with Crippen LogP contribution in [0.1, 0.15) is 29.7 Å². The van der Waals surface area contributed by atoms with Gasteiger partial charge in [-0.25, -0.2) is 0 Å². The predicted octanol–water partition coefficient (Wildman–Crippen LogP) is 3.92. The molecule has 0 aliphatic heterocycles. The Labute approximate surface area is 150 Å². The molecule has 2 aromatic rings. The first kappa shape index (κ1) is 19.8. The average Bonchev–Trinajstić information content (AvgIpc) is 2.61. The summed E-state index contributed by atoms with van der Waals surface area (Å²) >= 11 is 0. The second-order valence-corrected chi connectivity index (χ2v) is 5.98. The maximum absolute atomic E-state index is 12.7. The molecule has 0 aliphatic rings. The fraction of sp³-hybridized carbons (Fsp3) is 0.316. The van der Waals surface area contributed by atoms with Crippen LogP contribution in [0.25, 0.3) is 0 Å². The lowest BCUT2D eigenvalue weighted by atomic mass is 10.0. The van der Waals surface area contributed by atoms with E-state index < -0.39 is 23.8 Å². The molecule has 140 valence electrons. The van der Waals surface area contributed by atoms with E-state index in [-0.39, 0.29) is 12.5 Å². The lowest BCUT2D eigenvalue weighted by molar-refractivity contribution is -0.142. The molecule has 2 rings (SSSR count). The molecule has 3 N–H and O–H groups in total. The first-order valence-corrected chi connectivity index (χ1v) is 8.07. The van der Waals surface area contributed by atoms with Crippen molar-refractivity contribution in [3.05, 3.63) is 65.2 Å². The molecule has 0 radical (unpaired) electrons. The number of rotatable bonds is 6. The van der Waals surface area contributed by atoms with E-state index in [0.29, 0.717) is 5.56 Å². The molecule has 0 aromatic heterocycles. The first-order valence-electron chi connectivity index (χ1n) is 8.07. The number of ether oxygens (including phenoxy) is 1. The molecule has 0 saturated carbocycles. The van der Waals surface area contributed by atoms with Gasteiger partial charge >= 0.3 is 12.1 Å². The van der Waals surface area contributed by atoms with Crippen LogP contribution >= 0.6 is 0 Å². The van der Waals surface area contributed by atoms with Crippen LogP contribution < -0.4 is 11.1 Å². The van der Waals surface area contributed by atoms with E-state index >= 15 is 0 Å². The van der Waals surface area contributed by atoms with E-state index in [0.717, 1.165) is 23.4 Å². The molecule has 0 amide bonds. The Kier molecular flexibility index (Phi) is 6.26. The summed E-state index contributed by atoms with van der Waals surface area (Å²) in [6.45, 7) is 1.85. The lowest BCUT2D eigenvalue weighted by Gasteiger charge is -2.20. The number of anilines is 1. The van der Waals surface area contributed by atoms with Gasteiger partial charge in [-0.05, 0) is 36.2 Å². The third-order valence-corrected chi connectivity index (χ3v) is 4.07. The number of methoxy groups -OCH3 is 1. The van der Waals surface area contributed by atoms with Gasteiger partial charge in [0.05, 0.1) is 12.7 Å². The van der Waals surface area contributed by atoms with Gasteiger partial charge in [0.15, 0.2) is 0 Å². The Bertz CT molecular complexity index is 745. The number of carbonyl (C=O) groups excluding carboxylic acids is 1. The Balaban J connectivity index is 2.14. The normalized spacial score (nSPS) is 13.8. The Hall–Kier alpha value is -2.54. The van der Waals surface area contributed by atoms with Crippen molar-refractivity contribution >= 4 is 11.7 Å². The van der Waals surface area contributed by atoms with Crippen LogP contribution in [0.5, 0.6) is 0 Å². The van der Waals surface area contributed by atoms with Crippen LogP contribution in [0.15, 0.2) is 48.5 Å². The number of halogens is 3.